The Labute approximate surface area is 177 Å². The monoisotopic (exact) mass is 407 g/mol. The first-order chi connectivity index (χ1) is 14.3. The molecule has 158 valence electrons. The Hall–Kier alpha value is -2.92. The van der Waals surface area contributed by atoms with Crippen LogP contribution in [0.5, 0.6) is 0 Å². The largest absolute Gasteiger partial charge is 0.461 e. The van der Waals surface area contributed by atoms with E-state index in [1.807, 2.05) is 30.3 Å². The van der Waals surface area contributed by atoms with Crippen molar-refractivity contribution in [1.82, 2.24) is 4.90 Å². The number of ether oxygens (including phenoxy) is 1. The van der Waals surface area contributed by atoms with Crippen LogP contribution >= 0.6 is 0 Å². The molecule has 0 fully saturated rings. The molecule has 3 aromatic rings. The normalized spacial score (nSPS) is 11.6. The fraction of sp³-hybridized carbons (Fsp3) is 0.360. The van der Waals surface area contributed by atoms with Gasteiger partial charge < -0.3 is 9.15 Å². The Balaban J connectivity index is 1.94. The van der Waals surface area contributed by atoms with Crippen LogP contribution in [0.4, 0.5) is 0 Å². The summed E-state index contributed by atoms with van der Waals surface area (Å²) in [6.07, 6.45) is 0. The van der Waals surface area contributed by atoms with Crippen LogP contribution in [0.15, 0.2) is 57.7 Å². The molecule has 0 atom stereocenters. The molecule has 0 bridgehead atoms. The van der Waals surface area contributed by atoms with Gasteiger partial charge in [0.05, 0.1) is 5.39 Å². The van der Waals surface area contributed by atoms with Crippen LogP contribution in [0, 0.1) is 6.92 Å². The molecule has 5 heteroatoms. The molecule has 0 aliphatic carbocycles. The Morgan fingerprint density at radius 3 is 2.30 bits per heavy atom. The minimum absolute atomic E-state index is 0.143. The van der Waals surface area contributed by atoms with Gasteiger partial charge in [0.25, 0.3) is 0 Å². The van der Waals surface area contributed by atoms with E-state index < -0.39 is 5.97 Å². The fourth-order valence-corrected chi connectivity index (χ4v) is 3.77. The van der Waals surface area contributed by atoms with Gasteiger partial charge in [-0.3, -0.25) is 9.69 Å². The average molecular weight is 408 g/mol. The second-order valence-electron chi connectivity index (χ2n) is 7.99. The zero-order valence-corrected chi connectivity index (χ0v) is 18.3. The van der Waals surface area contributed by atoms with E-state index >= 15 is 0 Å². The molecule has 0 saturated carbocycles. The minimum atomic E-state index is -0.487. The van der Waals surface area contributed by atoms with Crippen molar-refractivity contribution in [1.29, 1.82) is 0 Å². The lowest BCUT2D eigenvalue weighted by atomic mass is 10.0. The first-order valence-electron chi connectivity index (χ1n) is 10.4. The predicted molar refractivity (Wildman–Crippen MR) is 120 cm³/mol. The molecular weight excluding hydrogens is 378 g/mol. The summed E-state index contributed by atoms with van der Waals surface area (Å²) in [6, 6.07) is 15.1. The topological polar surface area (TPSA) is 59.8 Å². The van der Waals surface area contributed by atoms with Gasteiger partial charge in [-0.2, -0.15) is 0 Å². The maximum atomic E-state index is 12.9. The lowest BCUT2D eigenvalue weighted by Crippen LogP contribution is -2.39. The Morgan fingerprint density at radius 1 is 1.00 bits per heavy atom. The number of fused-ring (bicyclic) bond motifs is 1. The summed E-state index contributed by atoms with van der Waals surface area (Å²) in [7, 11) is 0. The zero-order valence-electron chi connectivity index (χ0n) is 18.3. The van der Waals surface area contributed by atoms with Crippen molar-refractivity contribution in [3.8, 4) is 11.3 Å². The molecule has 0 N–H and O–H groups in total. The van der Waals surface area contributed by atoms with Crippen LogP contribution in [0.2, 0.25) is 0 Å². The van der Waals surface area contributed by atoms with Crippen molar-refractivity contribution in [2.75, 3.05) is 13.2 Å². The molecule has 0 saturated heterocycles. The molecule has 5 nitrogen and oxygen atoms in total. The van der Waals surface area contributed by atoms with Crippen molar-refractivity contribution in [2.24, 2.45) is 0 Å². The highest BCUT2D eigenvalue weighted by atomic mass is 16.5. The van der Waals surface area contributed by atoms with E-state index in [0.29, 0.717) is 35.3 Å². The average Bonchev–Trinajstić information content (AvgIpc) is 2.73. The molecular formula is C25H29NO4. The van der Waals surface area contributed by atoms with Gasteiger partial charge in [-0.05, 0) is 46.8 Å². The number of hydrogen-bond donors (Lipinski definition) is 0. The maximum absolute atomic E-state index is 12.9. The summed E-state index contributed by atoms with van der Waals surface area (Å²) in [5.41, 5.74) is 1.70. The second kappa shape index (κ2) is 9.26. The number of nitrogens with zero attached hydrogens (tertiary/aromatic N) is 1. The summed E-state index contributed by atoms with van der Waals surface area (Å²) in [6.45, 7) is 11.1. The van der Waals surface area contributed by atoms with Crippen LogP contribution in [0.3, 0.4) is 0 Å². The van der Waals surface area contributed by atoms with Crippen LogP contribution < -0.4 is 5.43 Å². The number of rotatable bonds is 7. The SMILES string of the molecule is Cc1c(-c2ccccc2)oc2c(C(=O)OCCN(C(C)C)C(C)C)cccc2c1=O. The third-order valence-corrected chi connectivity index (χ3v) is 5.31. The van der Waals surface area contributed by atoms with Crippen molar-refractivity contribution in [3.05, 3.63) is 69.9 Å². The molecule has 3 rings (SSSR count). The third kappa shape index (κ3) is 4.46. The molecule has 2 aromatic carbocycles. The van der Waals surface area contributed by atoms with E-state index in [9.17, 15) is 9.59 Å². The molecule has 0 spiro atoms. The van der Waals surface area contributed by atoms with Crippen LogP contribution in [0.25, 0.3) is 22.3 Å². The summed E-state index contributed by atoms with van der Waals surface area (Å²) in [5, 5.41) is 0.382. The Kier molecular flexibility index (Phi) is 6.73. The van der Waals surface area contributed by atoms with E-state index in [4.69, 9.17) is 9.15 Å². The van der Waals surface area contributed by atoms with Gasteiger partial charge in [0, 0.05) is 29.8 Å². The van der Waals surface area contributed by atoms with Crippen LogP contribution in [0.1, 0.15) is 43.6 Å². The van der Waals surface area contributed by atoms with E-state index in [2.05, 4.69) is 32.6 Å². The molecule has 0 unspecified atom stereocenters. The van der Waals surface area contributed by atoms with Crippen molar-refractivity contribution >= 4 is 16.9 Å². The predicted octanol–water partition coefficient (Wildman–Crippen LogP) is 5.04. The highest BCUT2D eigenvalue weighted by Crippen LogP contribution is 2.27. The highest BCUT2D eigenvalue weighted by molar-refractivity contribution is 6.02. The van der Waals surface area contributed by atoms with E-state index in [-0.39, 0.29) is 23.2 Å². The number of hydrogen-bond acceptors (Lipinski definition) is 5. The fourth-order valence-electron chi connectivity index (χ4n) is 3.77. The number of esters is 1. The molecule has 0 amide bonds. The summed E-state index contributed by atoms with van der Waals surface area (Å²) in [4.78, 5) is 28.0. The van der Waals surface area contributed by atoms with Gasteiger partial charge in [0.2, 0.25) is 0 Å². The standard InChI is InChI=1S/C25H29NO4/c1-16(2)26(17(3)4)14-15-29-25(28)21-13-9-12-20-22(27)18(5)23(30-24(20)21)19-10-7-6-8-11-19/h6-13,16-17H,14-15H2,1-5H3. The van der Waals surface area contributed by atoms with Crippen molar-refractivity contribution < 1.29 is 13.9 Å². The van der Waals surface area contributed by atoms with E-state index in [0.717, 1.165) is 5.56 Å². The highest BCUT2D eigenvalue weighted by Gasteiger charge is 2.20. The summed E-state index contributed by atoms with van der Waals surface area (Å²) >= 11 is 0. The van der Waals surface area contributed by atoms with Crippen molar-refractivity contribution in [3.63, 3.8) is 0 Å². The van der Waals surface area contributed by atoms with Crippen molar-refractivity contribution in [2.45, 2.75) is 46.7 Å². The lowest BCUT2D eigenvalue weighted by Gasteiger charge is -2.30. The van der Waals surface area contributed by atoms with Gasteiger partial charge in [0.1, 0.15) is 17.9 Å². The number of carbonyl (C=O) groups is 1. The van der Waals surface area contributed by atoms with E-state index in [1.165, 1.54) is 0 Å². The Morgan fingerprint density at radius 2 is 1.67 bits per heavy atom. The quantitative estimate of drug-likeness (QED) is 0.513. The van der Waals surface area contributed by atoms with Gasteiger partial charge in [-0.1, -0.05) is 36.4 Å². The first kappa shape index (κ1) is 21.8. The molecule has 1 aromatic heterocycles. The zero-order chi connectivity index (χ0) is 21.8. The maximum Gasteiger partial charge on any atom is 0.342 e. The van der Waals surface area contributed by atoms with E-state index in [1.54, 1.807) is 25.1 Å². The summed E-state index contributed by atoms with van der Waals surface area (Å²) < 4.78 is 11.6. The number of carbonyl (C=O) groups excluding carboxylic acids is 1. The molecule has 0 radical (unpaired) electrons. The number of para-hydroxylation sites is 1. The first-order valence-corrected chi connectivity index (χ1v) is 10.4. The summed E-state index contributed by atoms with van der Waals surface area (Å²) in [5.74, 6) is -0.0155. The Bertz CT molecular complexity index is 1080. The van der Waals surface area contributed by atoms with Gasteiger partial charge in [0.15, 0.2) is 11.0 Å². The second-order valence-corrected chi connectivity index (χ2v) is 7.99. The molecule has 0 aliphatic heterocycles. The van der Waals surface area contributed by atoms with Crippen LogP contribution in [-0.2, 0) is 4.74 Å². The van der Waals surface area contributed by atoms with Crippen LogP contribution in [-0.4, -0.2) is 36.1 Å². The minimum Gasteiger partial charge on any atom is -0.461 e. The van der Waals surface area contributed by atoms with Gasteiger partial charge in [-0.15, -0.1) is 0 Å². The third-order valence-electron chi connectivity index (χ3n) is 5.31. The van der Waals surface area contributed by atoms with Gasteiger partial charge in [-0.25, -0.2) is 4.79 Å². The molecule has 0 aliphatic rings. The van der Waals surface area contributed by atoms with Gasteiger partial charge >= 0.3 is 5.97 Å². The molecule has 1 heterocycles. The molecule has 30 heavy (non-hydrogen) atoms. The number of benzene rings is 2. The smallest absolute Gasteiger partial charge is 0.342 e. The lowest BCUT2D eigenvalue weighted by molar-refractivity contribution is 0.0418.